The van der Waals surface area contributed by atoms with Crippen molar-refractivity contribution >= 4 is 102 Å². The summed E-state index contributed by atoms with van der Waals surface area (Å²) in [6, 6.07) is 66.2. The normalized spacial score (nSPS) is 13.5. The van der Waals surface area contributed by atoms with Gasteiger partial charge in [0.1, 0.15) is 0 Å². The number of H-pyrrole nitrogens is 1. The largest absolute Gasteiger partial charge is 0.354 e. The molecule has 2 nitrogen and oxygen atoms in total. The molecular formula is C57H36N2S2. The highest BCUT2D eigenvalue weighted by molar-refractivity contribution is 7.26. The van der Waals surface area contributed by atoms with Gasteiger partial charge in [-0.25, -0.2) is 0 Å². The van der Waals surface area contributed by atoms with E-state index in [4.69, 9.17) is 0 Å². The van der Waals surface area contributed by atoms with Gasteiger partial charge >= 0.3 is 0 Å². The number of nitrogens with one attached hydrogen (secondary N) is 1. The number of aromatic nitrogens is 1. The smallest absolute Gasteiger partial charge is 0.0551 e. The van der Waals surface area contributed by atoms with Crippen molar-refractivity contribution in [3.63, 3.8) is 0 Å². The van der Waals surface area contributed by atoms with Crippen LogP contribution in [0, 0.1) is 0 Å². The van der Waals surface area contributed by atoms with Crippen LogP contribution >= 0.6 is 22.7 Å². The van der Waals surface area contributed by atoms with E-state index in [-0.39, 0.29) is 5.41 Å². The number of nitrogens with zero attached hydrogens (tertiary/aromatic N) is 1. The van der Waals surface area contributed by atoms with E-state index in [1.165, 1.54) is 123 Å². The fourth-order valence-electron chi connectivity index (χ4n) is 11.0. The van der Waals surface area contributed by atoms with E-state index < -0.39 is 0 Å². The molecule has 0 atom stereocenters. The van der Waals surface area contributed by atoms with Crippen LogP contribution in [0.25, 0.3) is 107 Å². The van der Waals surface area contributed by atoms with Gasteiger partial charge in [0, 0.05) is 84.9 Å². The van der Waals surface area contributed by atoms with Gasteiger partial charge in [0.15, 0.2) is 0 Å². The number of aromatic amines is 1. The number of anilines is 3. The van der Waals surface area contributed by atoms with Gasteiger partial charge in [-0.1, -0.05) is 123 Å². The molecule has 61 heavy (non-hydrogen) atoms. The minimum absolute atomic E-state index is 0.247. The van der Waals surface area contributed by atoms with Crippen molar-refractivity contribution in [1.29, 1.82) is 0 Å². The maximum Gasteiger partial charge on any atom is 0.0551 e. The first kappa shape index (κ1) is 33.8. The third kappa shape index (κ3) is 4.61. The maximum atomic E-state index is 3.82. The molecule has 0 radical (unpaired) electrons. The fraction of sp³-hybridized carbons (Fsp3) is 0.0526. The van der Waals surface area contributed by atoms with E-state index in [9.17, 15) is 0 Å². The molecule has 3 heterocycles. The Kier molecular flexibility index (Phi) is 6.69. The van der Waals surface area contributed by atoms with E-state index >= 15 is 0 Å². The Morgan fingerprint density at radius 3 is 1.93 bits per heavy atom. The second kappa shape index (κ2) is 12.1. The predicted octanol–water partition coefficient (Wildman–Crippen LogP) is 17.1. The molecule has 4 heteroatoms. The van der Waals surface area contributed by atoms with Gasteiger partial charge in [0.2, 0.25) is 0 Å². The summed E-state index contributed by atoms with van der Waals surface area (Å²) in [6.45, 7) is 4.85. The Bertz CT molecular complexity index is 3870. The van der Waals surface area contributed by atoms with Crippen LogP contribution in [-0.2, 0) is 5.41 Å². The summed E-state index contributed by atoms with van der Waals surface area (Å²) < 4.78 is 5.26. The van der Waals surface area contributed by atoms with Crippen molar-refractivity contribution < 1.29 is 0 Å². The van der Waals surface area contributed by atoms with Crippen LogP contribution in [0.2, 0.25) is 0 Å². The molecule has 0 unspecified atom stereocenters. The van der Waals surface area contributed by atoms with Crippen molar-refractivity contribution in [2.75, 3.05) is 4.90 Å². The van der Waals surface area contributed by atoms with Crippen LogP contribution in [0.5, 0.6) is 0 Å². The SMILES string of the molecule is CC1(C)c2cc(N(c3ccc4c(c3)sc3ccccc34)c3ccc4sc5ccccc5c4c3)ccc2-c2cccc(-c3ccc4[nH]c5c(c4c3)-c3cccc4cccc-5c34)c21. The Morgan fingerprint density at radius 1 is 0.443 bits per heavy atom. The molecule has 12 aromatic rings. The van der Waals surface area contributed by atoms with Gasteiger partial charge in [0.05, 0.1) is 5.69 Å². The van der Waals surface area contributed by atoms with Gasteiger partial charge in [-0.2, -0.15) is 0 Å². The van der Waals surface area contributed by atoms with E-state index in [1.807, 2.05) is 22.7 Å². The van der Waals surface area contributed by atoms with Gasteiger partial charge < -0.3 is 9.88 Å². The molecule has 2 aliphatic rings. The lowest BCUT2D eigenvalue weighted by Crippen LogP contribution is -2.17. The quantitative estimate of drug-likeness (QED) is 0.188. The average molecular weight is 813 g/mol. The molecule has 3 aromatic heterocycles. The van der Waals surface area contributed by atoms with Crippen molar-refractivity contribution in [3.05, 3.63) is 187 Å². The molecule has 286 valence electrons. The Morgan fingerprint density at radius 2 is 1.08 bits per heavy atom. The first-order chi connectivity index (χ1) is 30.0. The summed E-state index contributed by atoms with van der Waals surface area (Å²) in [4.78, 5) is 6.30. The zero-order valence-corrected chi connectivity index (χ0v) is 35.1. The summed E-state index contributed by atoms with van der Waals surface area (Å²) in [5, 5.41) is 9.18. The highest BCUT2D eigenvalue weighted by Gasteiger charge is 2.38. The van der Waals surface area contributed by atoms with E-state index in [2.05, 4.69) is 200 Å². The standard InChI is InChI=1S/C57H36N2S2/c1-57(2)47-30-35(59(34-23-27-51-45(29-34)40-13-4-6-19-50(40)60-51)36-22-25-41-39-12-3-5-18-49(39)61-52(41)31-36)21-24-38(47)42-15-9-14-37(55(42)57)33-20-26-48-46(28-33)54-43-16-7-10-32-11-8-17-44(53(32)43)56(54)58-48/h3-31,58H,1-2H3. The number of hydrogen-bond donors (Lipinski definition) is 1. The van der Waals surface area contributed by atoms with Crippen LogP contribution in [0.15, 0.2) is 176 Å². The number of hydrogen-bond acceptors (Lipinski definition) is 3. The molecule has 2 aliphatic carbocycles. The molecular weight excluding hydrogens is 777 g/mol. The average Bonchev–Trinajstić information content (AvgIpc) is 4.09. The van der Waals surface area contributed by atoms with Gasteiger partial charge in [-0.15, -0.1) is 22.7 Å². The van der Waals surface area contributed by atoms with Gasteiger partial charge in [-0.3, -0.25) is 0 Å². The summed E-state index contributed by atoms with van der Waals surface area (Å²) in [6.07, 6.45) is 0. The van der Waals surface area contributed by atoms with Crippen molar-refractivity contribution in [3.8, 4) is 44.6 Å². The molecule has 14 rings (SSSR count). The minimum atomic E-state index is -0.247. The summed E-state index contributed by atoms with van der Waals surface area (Å²) in [7, 11) is 0. The summed E-state index contributed by atoms with van der Waals surface area (Å²) in [5.41, 5.74) is 17.6. The van der Waals surface area contributed by atoms with E-state index in [1.54, 1.807) is 0 Å². The number of rotatable bonds is 4. The third-order valence-electron chi connectivity index (χ3n) is 13.7. The second-order valence-electron chi connectivity index (χ2n) is 17.3. The molecule has 0 amide bonds. The van der Waals surface area contributed by atoms with Crippen LogP contribution in [-0.4, -0.2) is 4.98 Å². The fourth-order valence-corrected chi connectivity index (χ4v) is 13.2. The van der Waals surface area contributed by atoms with Crippen LogP contribution < -0.4 is 4.90 Å². The zero-order valence-electron chi connectivity index (χ0n) is 33.5. The Balaban J connectivity index is 0.928. The Labute approximate surface area is 360 Å². The van der Waals surface area contributed by atoms with Crippen LogP contribution in [0.4, 0.5) is 17.1 Å². The summed E-state index contributed by atoms with van der Waals surface area (Å²) >= 11 is 3.75. The first-order valence-corrected chi connectivity index (χ1v) is 22.7. The van der Waals surface area contributed by atoms with Gasteiger partial charge in [0.25, 0.3) is 0 Å². The molecule has 0 aliphatic heterocycles. The lowest BCUT2D eigenvalue weighted by Gasteiger charge is -2.29. The number of fused-ring (bicyclic) bond motifs is 14. The molecule has 9 aromatic carbocycles. The maximum absolute atomic E-state index is 3.82. The monoisotopic (exact) mass is 812 g/mol. The highest BCUT2D eigenvalue weighted by atomic mass is 32.1. The molecule has 1 N–H and O–H groups in total. The van der Waals surface area contributed by atoms with Gasteiger partial charge in [-0.05, 0) is 116 Å². The minimum Gasteiger partial charge on any atom is -0.354 e. The molecule has 0 saturated heterocycles. The summed E-state index contributed by atoms with van der Waals surface area (Å²) in [5.74, 6) is 0. The lowest BCUT2D eigenvalue weighted by atomic mass is 9.78. The van der Waals surface area contributed by atoms with E-state index in [0.29, 0.717) is 0 Å². The lowest BCUT2D eigenvalue weighted by molar-refractivity contribution is 0.662. The Hall–Kier alpha value is -6.98. The second-order valence-corrected chi connectivity index (χ2v) is 19.5. The molecule has 0 saturated carbocycles. The first-order valence-electron chi connectivity index (χ1n) is 21.1. The zero-order chi connectivity index (χ0) is 40.1. The predicted molar refractivity (Wildman–Crippen MR) is 264 cm³/mol. The van der Waals surface area contributed by atoms with E-state index in [0.717, 1.165) is 11.4 Å². The number of thiophene rings is 2. The molecule has 0 fully saturated rings. The van der Waals surface area contributed by atoms with Crippen LogP contribution in [0.3, 0.4) is 0 Å². The molecule has 0 bridgehead atoms. The third-order valence-corrected chi connectivity index (χ3v) is 16.0. The van der Waals surface area contributed by atoms with Crippen molar-refractivity contribution in [1.82, 2.24) is 4.98 Å². The van der Waals surface area contributed by atoms with Crippen LogP contribution in [0.1, 0.15) is 25.0 Å². The molecule has 0 spiro atoms. The number of benzene rings is 9. The van der Waals surface area contributed by atoms with Crippen molar-refractivity contribution in [2.45, 2.75) is 19.3 Å². The van der Waals surface area contributed by atoms with Crippen molar-refractivity contribution in [2.24, 2.45) is 0 Å². The highest BCUT2D eigenvalue weighted by Crippen LogP contribution is 2.55. The topological polar surface area (TPSA) is 19.0 Å².